The minimum atomic E-state index is -0.335. The summed E-state index contributed by atoms with van der Waals surface area (Å²) in [7, 11) is 0. The maximum absolute atomic E-state index is 12.6. The lowest BCUT2D eigenvalue weighted by Crippen LogP contribution is -2.42. The highest BCUT2D eigenvalue weighted by atomic mass is 125. The van der Waals surface area contributed by atoms with E-state index in [1.165, 1.54) is 5.56 Å². The molecule has 0 aromatic heterocycles. The number of rotatable bonds is 1. The summed E-state index contributed by atoms with van der Waals surface area (Å²) < 4.78 is 11.8. The van der Waals surface area contributed by atoms with E-state index in [0.717, 1.165) is 20.5 Å². The van der Waals surface area contributed by atoms with Crippen molar-refractivity contribution in [2.24, 2.45) is 0 Å². The molecule has 0 saturated heterocycles. The highest BCUT2D eigenvalue weighted by molar-refractivity contribution is 14.1. The van der Waals surface area contributed by atoms with Gasteiger partial charge in [0.1, 0.15) is 13.2 Å². The zero-order chi connectivity index (χ0) is 16.8. The average molecular weight is 435 g/mol. The summed E-state index contributed by atoms with van der Waals surface area (Å²) in [6.07, 6.45) is 0. The van der Waals surface area contributed by atoms with Crippen molar-refractivity contribution in [3.05, 3.63) is 55.4 Å². The maximum atomic E-state index is 12.6. The molecule has 0 unspecified atom stereocenters. The van der Waals surface area contributed by atoms with E-state index in [1.807, 2.05) is 19.1 Å². The first-order chi connectivity index (χ1) is 11.6. The van der Waals surface area contributed by atoms with Crippen LogP contribution in [-0.4, -0.2) is 38.0 Å². The van der Waals surface area contributed by atoms with Gasteiger partial charge in [-0.3, -0.25) is 9.59 Å². The molecule has 0 fully saturated rings. The summed E-state index contributed by atoms with van der Waals surface area (Å²) >= 11 is 2.29. The second-order valence-electron chi connectivity index (χ2n) is 6.18. The number of carbonyl (C=O) groups is 2. The average Bonchev–Trinajstić information content (AvgIpc) is 2.56. The van der Waals surface area contributed by atoms with Crippen molar-refractivity contribution in [1.82, 2.24) is 5.32 Å². The fourth-order valence-corrected chi connectivity index (χ4v) is 4.00. The third-order valence-corrected chi connectivity index (χ3v) is 5.78. The Morgan fingerprint density at radius 3 is 2.12 bits per heavy atom. The van der Waals surface area contributed by atoms with E-state index in [-0.39, 0.29) is 30.7 Å². The molecule has 0 saturated carbocycles. The molecular weight excluding hydrogens is 419 g/mol. The standard InChI is InChI=1S/C18H16INO4/c1-9-2-3-10(4-11(9)19)16-17-12(5-23-7-14(17)21)20-13-6-24-8-15(22)18(13)16/h2-4,16,20H,5-8H2,1H3/i19-2. The van der Waals surface area contributed by atoms with Crippen molar-refractivity contribution in [2.75, 3.05) is 26.4 Å². The second-order valence-corrected chi connectivity index (χ2v) is 7.35. The molecule has 0 spiro atoms. The minimum Gasteiger partial charge on any atom is -0.367 e. The van der Waals surface area contributed by atoms with Gasteiger partial charge in [0, 0.05) is 32.0 Å². The van der Waals surface area contributed by atoms with Crippen LogP contribution in [-0.2, 0) is 19.1 Å². The highest BCUT2D eigenvalue weighted by Gasteiger charge is 2.40. The molecule has 1 aromatic carbocycles. The smallest absolute Gasteiger partial charge is 0.187 e. The number of aryl methyl sites for hydroxylation is 1. The van der Waals surface area contributed by atoms with Crippen molar-refractivity contribution in [2.45, 2.75) is 12.8 Å². The first-order valence-corrected chi connectivity index (χ1v) is 8.85. The molecule has 0 radical (unpaired) electrons. The number of hydrogen-bond donors (Lipinski definition) is 1. The van der Waals surface area contributed by atoms with Crippen LogP contribution in [0.4, 0.5) is 0 Å². The van der Waals surface area contributed by atoms with Gasteiger partial charge in [0.15, 0.2) is 11.6 Å². The van der Waals surface area contributed by atoms with E-state index in [2.05, 4.69) is 34.0 Å². The predicted molar refractivity (Wildman–Crippen MR) is 95.5 cm³/mol. The van der Waals surface area contributed by atoms with Crippen LogP contribution in [0.5, 0.6) is 0 Å². The Labute approximate surface area is 153 Å². The molecule has 0 aliphatic carbocycles. The van der Waals surface area contributed by atoms with Gasteiger partial charge in [0.05, 0.1) is 13.2 Å². The fourth-order valence-electron chi connectivity index (χ4n) is 3.46. The van der Waals surface area contributed by atoms with E-state index < -0.39 is 0 Å². The number of Topliss-reactive ketones (excluding diaryl/α,β-unsaturated/α-hetero) is 2. The first-order valence-electron chi connectivity index (χ1n) is 7.77. The predicted octanol–water partition coefficient (Wildman–Crippen LogP) is 1.99. The Balaban J connectivity index is 1.92. The van der Waals surface area contributed by atoms with Gasteiger partial charge in [-0.05, 0) is 46.7 Å². The van der Waals surface area contributed by atoms with Crippen molar-refractivity contribution in [3.8, 4) is 0 Å². The van der Waals surface area contributed by atoms with Crippen LogP contribution in [0.1, 0.15) is 17.0 Å². The largest absolute Gasteiger partial charge is 0.367 e. The van der Waals surface area contributed by atoms with Crippen LogP contribution in [0.2, 0.25) is 0 Å². The third-order valence-electron chi connectivity index (χ3n) is 4.62. The number of carbonyl (C=O) groups excluding carboxylic acids is 2. The number of ether oxygens (including phenoxy) is 2. The minimum absolute atomic E-state index is 0.0600. The van der Waals surface area contributed by atoms with Crippen molar-refractivity contribution < 1.29 is 19.1 Å². The Kier molecular flexibility index (Phi) is 4.06. The van der Waals surface area contributed by atoms with Crippen LogP contribution in [0.15, 0.2) is 40.7 Å². The summed E-state index contributed by atoms with van der Waals surface area (Å²) in [5, 5.41) is 3.21. The lowest BCUT2D eigenvalue weighted by Gasteiger charge is -2.36. The van der Waals surface area contributed by atoms with Crippen LogP contribution < -0.4 is 5.32 Å². The van der Waals surface area contributed by atoms with E-state index >= 15 is 0 Å². The summed E-state index contributed by atoms with van der Waals surface area (Å²) in [6.45, 7) is 2.88. The van der Waals surface area contributed by atoms with Gasteiger partial charge in [-0.25, -0.2) is 0 Å². The van der Waals surface area contributed by atoms with Gasteiger partial charge in [-0.2, -0.15) is 0 Å². The zero-order valence-corrected chi connectivity index (χ0v) is 15.3. The Hall–Kier alpha value is -1.51. The van der Waals surface area contributed by atoms with Gasteiger partial charge < -0.3 is 14.8 Å². The molecule has 124 valence electrons. The van der Waals surface area contributed by atoms with Crippen molar-refractivity contribution >= 4 is 34.2 Å². The van der Waals surface area contributed by atoms with Gasteiger partial charge in [-0.15, -0.1) is 0 Å². The van der Waals surface area contributed by atoms with Gasteiger partial charge in [-0.1, -0.05) is 12.1 Å². The number of nitrogens with one attached hydrogen (secondary N) is 1. The molecule has 1 N–H and O–H groups in total. The molecule has 1 aromatic rings. The first kappa shape index (κ1) is 16.0. The molecule has 5 nitrogen and oxygen atoms in total. The molecular formula is C18H16INO4. The van der Waals surface area contributed by atoms with Gasteiger partial charge in [0.2, 0.25) is 0 Å². The number of ketones is 2. The molecule has 0 bridgehead atoms. The fraction of sp³-hybridized carbons (Fsp3) is 0.333. The number of hydrogen-bond acceptors (Lipinski definition) is 5. The Morgan fingerprint density at radius 1 is 1.00 bits per heavy atom. The Morgan fingerprint density at radius 2 is 1.58 bits per heavy atom. The topological polar surface area (TPSA) is 64.6 Å². The van der Waals surface area contributed by atoms with E-state index in [4.69, 9.17) is 9.47 Å². The molecule has 0 amide bonds. The van der Waals surface area contributed by atoms with Crippen LogP contribution in [0.25, 0.3) is 0 Å². The molecule has 24 heavy (non-hydrogen) atoms. The van der Waals surface area contributed by atoms with E-state index in [0.29, 0.717) is 24.4 Å². The summed E-state index contributed by atoms with van der Waals surface area (Å²) in [5.74, 6) is -0.455. The molecule has 6 heteroatoms. The molecule has 3 aliphatic rings. The van der Waals surface area contributed by atoms with Crippen LogP contribution in [0, 0.1) is 10.5 Å². The highest BCUT2D eigenvalue weighted by Crippen LogP contribution is 2.41. The van der Waals surface area contributed by atoms with Crippen LogP contribution >= 0.6 is 22.6 Å². The summed E-state index contributed by atoms with van der Waals surface area (Å²) in [5.41, 5.74) is 4.97. The Bertz CT molecular complexity index is 782. The lowest BCUT2D eigenvalue weighted by atomic mass is 9.76. The quantitative estimate of drug-likeness (QED) is 0.684. The van der Waals surface area contributed by atoms with Crippen molar-refractivity contribution in [1.29, 1.82) is 0 Å². The van der Waals surface area contributed by atoms with Gasteiger partial charge in [0.25, 0.3) is 0 Å². The number of benzene rings is 1. The molecule has 0 atom stereocenters. The van der Waals surface area contributed by atoms with Gasteiger partial charge >= 0.3 is 0 Å². The molecule has 4 rings (SSSR count). The maximum Gasteiger partial charge on any atom is 0.187 e. The molecule has 3 aliphatic heterocycles. The zero-order valence-electron chi connectivity index (χ0n) is 13.1. The van der Waals surface area contributed by atoms with E-state index in [1.54, 1.807) is 0 Å². The number of dihydropyridines is 1. The molecule has 3 heterocycles. The van der Waals surface area contributed by atoms with Crippen LogP contribution in [0.3, 0.4) is 0 Å². The monoisotopic (exact) mass is 435 g/mol. The summed E-state index contributed by atoms with van der Waals surface area (Å²) in [6, 6.07) is 6.11. The third kappa shape index (κ3) is 2.53. The number of halogens is 1. The van der Waals surface area contributed by atoms with E-state index in [9.17, 15) is 9.59 Å². The SMILES string of the molecule is Cc1ccc(C2C3=C(COCC3=O)NC3=C2C(=O)COC3)cc1[125I]. The lowest BCUT2D eigenvalue weighted by molar-refractivity contribution is -0.122. The summed E-state index contributed by atoms with van der Waals surface area (Å²) in [4.78, 5) is 25.1. The normalized spacial score (nSPS) is 21.6. The second kappa shape index (κ2) is 6.09. The van der Waals surface area contributed by atoms with Crippen molar-refractivity contribution in [3.63, 3.8) is 0 Å².